The summed E-state index contributed by atoms with van der Waals surface area (Å²) in [5, 5.41) is 7.34. The molecule has 0 radical (unpaired) electrons. The van der Waals surface area contributed by atoms with Gasteiger partial charge >= 0.3 is 0 Å². The normalized spacial score (nSPS) is 14.2. The fourth-order valence-electron chi connectivity index (χ4n) is 4.51. The number of piperidine rings is 1. The number of aromatic nitrogens is 4. The molecule has 0 unspecified atom stereocenters. The third kappa shape index (κ3) is 5.41. The lowest BCUT2D eigenvalue weighted by Crippen LogP contribution is -2.39. The first-order chi connectivity index (χ1) is 17.5. The van der Waals surface area contributed by atoms with E-state index >= 15 is 0 Å². The summed E-state index contributed by atoms with van der Waals surface area (Å²) >= 11 is 8.31. The predicted octanol–water partition coefficient (Wildman–Crippen LogP) is 4.67. The zero-order valence-electron chi connectivity index (χ0n) is 19.9. The molecule has 0 atom stereocenters. The molecule has 1 saturated heterocycles. The number of aryl methyl sites for hydroxylation is 1. The van der Waals surface area contributed by atoms with Crippen LogP contribution in [0, 0.1) is 3.57 Å². The number of hydrogen-bond acceptors (Lipinski definition) is 6. The minimum Gasteiger partial charge on any atom is -0.381 e. The summed E-state index contributed by atoms with van der Waals surface area (Å²) < 4.78 is 2.96. The second kappa shape index (κ2) is 11.0. The van der Waals surface area contributed by atoms with Crippen molar-refractivity contribution in [3.05, 3.63) is 74.8 Å². The van der Waals surface area contributed by atoms with E-state index in [4.69, 9.17) is 11.6 Å². The molecular formula is C26H27ClIN7O. The molecule has 2 aromatic heterocycles. The highest BCUT2D eigenvalue weighted by Crippen LogP contribution is 2.27. The van der Waals surface area contributed by atoms with Crippen LogP contribution in [-0.2, 0) is 13.5 Å². The Kier molecular flexibility index (Phi) is 7.56. The molecule has 186 valence electrons. The van der Waals surface area contributed by atoms with Crippen molar-refractivity contribution in [3.63, 3.8) is 0 Å². The summed E-state index contributed by atoms with van der Waals surface area (Å²) in [6.07, 6.45) is 4.24. The summed E-state index contributed by atoms with van der Waals surface area (Å²) in [6.45, 7) is 2.21. The van der Waals surface area contributed by atoms with Crippen molar-refractivity contribution >= 4 is 62.8 Å². The van der Waals surface area contributed by atoms with E-state index in [0.717, 1.165) is 37.3 Å². The maximum absolute atomic E-state index is 12.9. The van der Waals surface area contributed by atoms with Crippen LogP contribution in [-0.4, -0.2) is 51.1 Å². The van der Waals surface area contributed by atoms with Gasteiger partial charge in [0, 0.05) is 47.0 Å². The maximum atomic E-state index is 12.9. The van der Waals surface area contributed by atoms with E-state index in [1.165, 1.54) is 9.26 Å². The van der Waals surface area contributed by atoms with E-state index in [1.54, 1.807) is 10.9 Å². The number of para-hydroxylation sites is 1. The van der Waals surface area contributed by atoms with Gasteiger partial charge in [-0.25, -0.2) is 15.0 Å². The highest BCUT2D eigenvalue weighted by atomic mass is 127. The Labute approximate surface area is 228 Å². The number of fused-ring (bicyclic) bond motifs is 1. The molecular weight excluding hydrogens is 589 g/mol. The Hall–Kier alpha value is -2.92. The van der Waals surface area contributed by atoms with Gasteiger partial charge in [-0.1, -0.05) is 35.9 Å². The molecule has 2 aromatic carbocycles. The third-order valence-electron chi connectivity index (χ3n) is 6.48. The van der Waals surface area contributed by atoms with Gasteiger partial charge < -0.3 is 20.1 Å². The first-order valence-corrected chi connectivity index (χ1v) is 13.4. The number of hydrogen-bond donors (Lipinski definition) is 2. The van der Waals surface area contributed by atoms with Gasteiger partial charge in [0.15, 0.2) is 17.0 Å². The minimum absolute atomic E-state index is 0.226. The fourth-order valence-corrected chi connectivity index (χ4v) is 5.18. The third-order valence-corrected chi connectivity index (χ3v) is 7.67. The van der Waals surface area contributed by atoms with Crippen LogP contribution in [0.4, 0.5) is 11.5 Å². The molecule has 0 spiro atoms. The van der Waals surface area contributed by atoms with Crippen LogP contribution < -0.4 is 15.5 Å². The monoisotopic (exact) mass is 615 g/mol. The van der Waals surface area contributed by atoms with Gasteiger partial charge in [0.05, 0.1) is 0 Å². The van der Waals surface area contributed by atoms with E-state index in [2.05, 4.69) is 77.3 Å². The van der Waals surface area contributed by atoms with E-state index < -0.39 is 0 Å². The second-order valence-electron chi connectivity index (χ2n) is 8.88. The average Bonchev–Trinajstić information content (AvgIpc) is 3.24. The number of imidazole rings is 1. The van der Waals surface area contributed by atoms with Crippen molar-refractivity contribution in [3.8, 4) is 0 Å². The quantitative estimate of drug-likeness (QED) is 0.294. The van der Waals surface area contributed by atoms with Crippen molar-refractivity contribution in [1.29, 1.82) is 0 Å². The molecule has 4 aromatic rings. The maximum Gasteiger partial charge on any atom is 0.287 e. The number of benzene rings is 2. The molecule has 3 heterocycles. The molecule has 36 heavy (non-hydrogen) atoms. The first kappa shape index (κ1) is 24.8. The van der Waals surface area contributed by atoms with Crippen LogP contribution in [0.5, 0.6) is 0 Å². The molecule has 0 aliphatic carbocycles. The summed E-state index contributed by atoms with van der Waals surface area (Å²) in [5.74, 6) is 0.886. The summed E-state index contributed by atoms with van der Waals surface area (Å²) in [7, 11) is 1.82. The number of halogens is 2. The average molecular weight is 616 g/mol. The van der Waals surface area contributed by atoms with Crippen molar-refractivity contribution < 1.29 is 4.79 Å². The lowest BCUT2D eigenvalue weighted by atomic mass is 10.0. The SMILES string of the molecule is Cn1c(C(=O)NCCc2ccc(Cl)cc2)nc2c(N3CCC(Nc4ccccc4I)CC3)ncnc21. The lowest BCUT2D eigenvalue weighted by molar-refractivity contribution is 0.0941. The molecule has 0 bridgehead atoms. The van der Waals surface area contributed by atoms with Crippen LogP contribution in [0.25, 0.3) is 11.2 Å². The summed E-state index contributed by atoms with van der Waals surface area (Å²) in [5.41, 5.74) is 3.60. The molecule has 10 heteroatoms. The van der Waals surface area contributed by atoms with Crippen molar-refractivity contribution in [2.75, 3.05) is 29.9 Å². The van der Waals surface area contributed by atoms with E-state index in [1.807, 2.05) is 31.3 Å². The van der Waals surface area contributed by atoms with Gasteiger partial charge in [0.2, 0.25) is 5.82 Å². The van der Waals surface area contributed by atoms with Gasteiger partial charge in [-0.15, -0.1) is 0 Å². The van der Waals surface area contributed by atoms with Crippen LogP contribution in [0.1, 0.15) is 29.0 Å². The molecule has 1 aliphatic rings. The number of nitrogens with zero attached hydrogens (tertiary/aromatic N) is 5. The smallest absolute Gasteiger partial charge is 0.287 e. The van der Waals surface area contributed by atoms with Crippen molar-refractivity contribution in [2.45, 2.75) is 25.3 Å². The molecule has 2 N–H and O–H groups in total. The highest BCUT2D eigenvalue weighted by Gasteiger charge is 2.25. The van der Waals surface area contributed by atoms with Gasteiger partial charge in [-0.05, 0) is 71.7 Å². The van der Waals surface area contributed by atoms with Crippen LogP contribution in [0.3, 0.4) is 0 Å². The zero-order chi connectivity index (χ0) is 25.1. The molecule has 5 rings (SSSR count). The molecule has 0 saturated carbocycles. The van der Waals surface area contributed by atoms with Crippen molar-refractivity contribution in [1.82, 2.24) is 24.8 Å². The Bertz CT molecular complexity index is 1370. The minimum atomic E-state index is -0.226. The Morgan fingerprint density at radius 1 is 1.11 bits per heavy atom. The predicted molar refractivity (Wildman–Crippen MR) is 152 cm³/mol. The number of anilines is 2. The largest absolute Gasteiger partial charge is 0.381 e. The first-order valence-electron chi connectivity index (χ1n) is 12.0. The van der Waals surface area contributed by atoms with Crippen LogP contribution in [0.15, 0.2) is 54.9 Å². The van der Waals surface area contributed by atoms with Gasteiger partial charge in [0.1, 0.15) is 6.33 Å². The number of nitrogens with one attached hydrogen (secondary N) is 2. The van der Waals surface area contributed by atoms with E-state index in [0.29, 0.717) is 41.0 Å². The van der Waals surface area contributed by atoms with Crippen LogP contribution in [0.2, 0.25) is 5.02 Å². The zero-order valence-corrected chi connectivity index (χ0v) is 22.8. The summed E-state index contributed by atoms with van der Waals surface area (Å²) in [6, 6.07) is 16.4. The van der Waals surface area contributed by atoms with Gasteiger partial charge in [-0.2, -0.15) is 0 Å². The number of rotatable bonds is 7. The Balaban J connectivity index is 1.25. The summed E-state index contributed by atoms with van der Waals surface area (Å²) in [4.78, 5) is 28.8. The van der Waals surface area contributed by atoms with Crippen molar-refractivity contribution in [2.24, 2.45) is 7.05 Å². The lowest BCUT2D eigenvalue weighted by Gasteiger charge is -2.33. The number of amides is 1. The fraction of sp³-hybridized carbons (Fsp3) is 0.308. The number of carbonyl (C=O) groups excluding carboxylic acids is 1. The Morgan fingerprint density at radius 3 is 2.61 bits per heavy atom. The Morgan fingerprint density at radius 2 is 1.86 bits per heavy atom. The molecule has 1 aliphatic heterocycles. The second-order valence-corrected chi connectivity index (χ2v) is 10.5. The standard InChI is InChI=1S/C26H27ClIN7O/c1-34-23-22(33-25(34)26(36)29-13-10-17-6-8-18(27)9-7-17)24(31-16-30-23)35-14-11-19(12-15-35)32-21-5-3-2-4-20(21)28/h2-9,16,19,32H,10-15H2,1H3,(H,29,36). The molecule has 8 nitrogen and oxygen atoms in total. The van der Waals surface area contributed by atoms with Gasteiger partial charge in [0.25, 0.3) is 5.91 Å². The topological polar surface area (TPSA) is 88.0 Å². The molecule has 1 amide bonds. The highest BCUT2D eigenvalue weighted by molar-refractivity contribution is 14.1. The van der Waals surface area contributed by atoms with Gasteiger partial charge in [-0.3, -0.25) is 4.79 Å². The van der Waals surface area contributed by atoms with E-state index in [-0.39, 0.29) is 5.91 Å². The van der Waals surface area contributed by atoms with E-state index in [9.17, 15) is 4.79 Å². The van der Waals surface area contributed by atoms with Crippen LogP contribution >= 0.6 is 34.2 Å². The molecule has 1 fully saturated rings. The number of carbonyl (C=O) groups is 1.